The Bertz CT molecular complexity index is 378. The van der Waals surface area contributed by atoms with Gasteiger partial charge in [0.05, 0.1) is 22.3 Å². The lowest BCUT2D eigenvalue weighted by Gasteiger charge is -2.28. The first kappa shape index (κ1) is 11.9. The lowest BCUT2D eigenvalue weighted by molar-refractivity contribution is 0.0512. The van der Waals surface area contributed by atoms with Crippen LogP contribution >= 0.6 is 15.9 Å². The zero-order valence-corrected chi connectivity index (χ0v) is 11.3. The first-order chi connectivity index (χ1) is 7.63. The molecule has 1 aromatic heterocycles. The Kier molecular flexibility index (Phi) is 3.54. The highest BCUT2D eigenvalue weighted by Crippen LogP contribution is 2.34. The Morgan fingerprint density at radius 1 is 1.50 bits per heavy atom. The van der Waals surface area contributed by atoms with Crippen LogP contribution in [0.3, 0.4) is 0 Å². The molecule has 2 rings (SSSR count). The number of nitrogens with two attached hydrogens (primary N) is 1. The minimum atomic E-state index is 0.349. The molecule has 90 valence electrons. The number of aryl methyl sites for hydroxylation is 1. The average molecular weight is 288 g/mol. The average Bonchev–Trinajstić information content (AvgIpc) is 2.57. The molecule has 1 heterocycles. The van der Waals surface area contributed by atoms with Gasteiger partial charge in [-0.3, -0.25) is 0 Å². The van der Waals surface area contributed by atoms with Crippen LogP contribution in [0, 0.1) is 6.92 Å². The molecule has 1 aliphatic rings. The second kappa shape index (κ2) is 4.75. The van der Waals surface area contributed by atoms with Gasteiger partial charge in [-0.2, -0.15) is 5.10 Å². The van der Waals surface area contributed by atoms with Gasteiger partial charge in [0, 0.05) is 7.11 Å². The summed E-state index contributed by atoms with van der Waals surface area (Å²) < 4.78 is 8.30. The minimum absolute atomic E-state index is 0.349. The number of ether oxygens (including phenoxy) is 1. The van der Waals surface area contributed by atoms with Crippen LogP contribution in [0.5, 0.6) is 0 Å². The van der Waals surface area contributed by atoms with Crippen molar-refractivity contribution in [3.63, 3.8) is 0 Å². The van der Waals surface area contributed by atoms with Gasteiger partial charge in [-0.1, -0.05) is 0 Å². The number of aromatic nitrogens is 2. The monoisotopic (exact) mass is 287 g/mol. The van der Waals surface area contributed by atoms with E-state index >= 15 is 0 Å². The topological polar surface area (TPSA) is 53.1 Å². The number of anilines is 1. The van der Waals surface area contributed by atoms with Crippen molar-refractivity contribution in [2.75, 3.05) is 12.8 Å². The molecule has 1 saturated carbocycles. The largest absolute Gasteiger partial charge is 0.383 e. The second-order valence-corrected chi connectivity index (χ2v) is 5.20. The molecule has 0 spiro atoms. The summed E-state index contributed by atoms with van der Waals surface area (Å²) in [6, 6.07) is 0.378. The fraction of sp³-hybridized carbons (Fsp3) is 0.727. The fourth-order valence-corrected chi connectivity index (χ4v) is 2.64. The van der Waals surface area contributed by atoms with Crippen LogP contribution in [-0.2, 0) is 4.74 Å². The molecule has 2 atom stereocenters. The van der Waals surface area contributed by atoms with E-state index in [2.05, 4.69) is 21.0 Å². The SMILES string of the molecule is COC1CCCC(n2nc(C)c(Br)c2N)C1. The van der Waals surface area contributed by atoms with E-state index in [0.29, 0.717) is 12.1 Å². The number of halogens is 1. The minimum Gasteiger partial charge on any atom is -0.383 e. The predicted octanol–water partition coefficient (Wildman–Crippen LogP) is 2.67. The molecule has 16 heavy (non-hydrogen) atoms. The highest BCUT2D eigenvalue weighted by molar-refractivity contribution is 9.10. The van der Waals surface area contributed by atoms with Crippen molar-refractivity contribution >= 4 is 21.7 Å². The fourth-order valence-electron chi connectivity index (χ4n) is 2.38. The highest BCUT2D eigenvalue weighted by atomic mass is 79.9. The Morgan fingerprint density at radius 2 is 2.25 bits per heavy atom. The molecule has 0 aliphatic heterocycles. The van der Waals surface area contributed by atoms with E-state index in [1.54, 1.807) is 7.11 Å². The Labute approximate surface area is 104 Å². The maximum Gasteiger partial charge on any atom is 0.136 e. The summed E-state index contributed by atoms with van der Waals surface area (Å²) in [5, 5.41) is 4.49. The van der Waals surface area contributed by atoms with Crippen molar-refractivity contribution in [2.24, 2.45) is 0 Å². The molecule has 1 fully saturated rings. The number of hydrogen-bond donors (Lipinski definition) is 1. The summed E-state index contributed by atoms with van der Waals surface area (Å²) in [6.07, 6.45) is 4.82. The molecule has 0 aromatic carbocycles. The van der Waals surface area contributed by atoms with Crippen LogP contribution in [0.25, 0.3) is 0 Å². The van der Waals surface area contributed by atoms with Gasteiger partial charge in [-0.15, -0.1) is 0 Å². The van der Waals surface area contributed by atoms with Gasteiger partial charge in [0.2, 0.25) is 0 Å². The third-order valence-corrected chi connectivity index (χ3v) is 4.30. The smallest absolute Gasteiger partial charge is 0.136 e. The first-order valence-electron chi connectivity index (χ1n) is 5.66. The lowest BCUT2D eigenvalue weighted by Crippen LogP contribution is -2.25. The Hall–Kier alpha value is -0.550. The molecule has 1 aliphatic carbocycles. The van der Waals surface area contributed by atoms with Crippen molar-refractivity contribution in [1.29, 1.82) is 0 Å². The standard InChI is InChI=1S/C11H18BrN3O/c1-7-10(12)11(13)15(14-7)8-4-3-5-9(6-8)16-2/h8-9H,3-6,13H2,1-2H3. The Morgan fingerprint density at radius 3 is 2.81 bits per heavy atom. The first-order valence-corrected chi connectivity index (χ1v) is 6.45. The molecular weight excluding hydrogens is 270 g/mol. The van der Waals surface area contributed by atoms with Gasteiger partial charge in [0.25, 0.3) is 0 Å². The van der Waals surface area contributed by atoms with Gasteiger partial charge < -0.3 is 10.5 Å². The summed E-state index contributed by atoms with van der Waals surface area (Å²) in [4.78, 5) is 0. The summed E-state index contributed by atoms with van der Waals surface area (Å²) >= 11 is 3.46. The third-order valence-electron chi connectivity index (χ3n) is 3.32. The molecule has 4 nitrogen and oxygen atoms in total. The zero-order valence-electron chi connectivity index (χ0n) is 9.74. The maximum absolute atomic E-state index is 6.03. The highest BCUT2D eigenvalue weighted by Gasteiger charge is 2.26. The van der Waals surface area contributed by atoms with E-state index in [0.717, 1.165) is 35.2 Å². The van der Waals surface area contributed by atoms with E-state index in [1.165, 1.54) is 6.42 Å². The quantitative estimate of drug-likeness (QED) is 0.910. The molecular formula is C11H18BrN3O. The van der Waals surface area contributed by atoms with Crippen molar-refractivity contribution in [3.05, 3.63) is 10.2 Å². The van der Waals surface area contributed by atoms with Crippen molar-refractivity contribution in [1.82, 2.24) is 9.78 Å². The van der Waals surface area contributed by atoms with E-state index in [1.807, 2.05) is 11.6 Å². The van der Waals surface area contributed by atoms with E-state index < -0.39 is 0 Å². The maximum atomic E-state index is 6.03. The molecule has 2 N–H and O–H groups in total. The molecule has 2 unspecified atom stereocenters. The van der Waals surface area contributed by atoms with Crippen LogP contribution < -0.4 is 5.73 Å². The third kappa shape index (κ3) is 2.11. The van der Waals surface area contributed by atoms with Gasteiger partial charge in [0.1, 0.15) is 5.82 Å². The van der Waals surface area contributed by atoms with Crippen LogP contribution in [0.4, 0.5) is 5.82 Å². The summed E-state index contributed by atoms with van der Waals surface area (Å²) in [5.74, 6) is 0.735. The van der Waals surface area contributed by atoms with E-state index in [-0.39, 0.29) is 0 Å². The molecule has 0 amide bonds. The molecule has 5 heteroatoms. The van der Waals surface area contributed by atoms with Gasteiger partial charge in [-0.25, -0.2) is 4.68 Å². The second-order valence-electron chi connectivity index (χ2n) is 4.41. The lowest BCUT2D eigenvalue weighted by atomic mass is 9.93. The van der Waals surface area contributed by atoms with Crippen molar-refractivity contribution in [2.45, 2.75) is 44.8 Å². The molecule has 0 radical (unpaired) electrons. The number of nitrogen functional groups attached to an aromatic ring is 1. The van der Waals surface area contributed by atoms with E-state index in [9.17, 15) is 0 Å². The molecule has 0 saturated heterocycles. The van der Waals surface area contributed by atoms with Crippen molar-refractivity contribution < 1.29 is 4.74 Å². The predicted molar refractivity (Wildman–Crippen MR) is 67.4 cm³/mol. The number of hydrogen-bond acceptors (Lipinski definition) is 3. The van der Waals surface area contributed by atoms with Crippen LogP contribution in [0.2, 0.25) is 0 Å². The number of nitrogens with zero attached hydrogens (tertiary/aromatic N) is 2. The van der Waals surface area contributed by atoms with Gasteiger partial charge >= 0.3 is 0 Å². The normalized spacial score (nSPS) is 25.9. The van der Waals surface area contributed by atoms with Crippen LogP contribution in [0.1, 0.15) is 37.4 Å². The summed E-state index contributed by atoms with van der Waals surface area (Å²) in [6.45, 7) is 1.97. The summed E-state index contributed by atoms with van der Waals surface area (Å²) in [5.41, 5.74) is 6.99. The zero-order chi connectivity index (χ0) is 11.7. The summed E-state index contributed by atoms with van der Waals surface area (Å²) in [7, 11) is 1.78. The number of methoxy groups -OCH3 is 1. The van der Waals surface area contributed by atoms with E-state index in [4.69, 9.17) is 10.5 Å². The van der Waals surface area contributed by atoms with Gasteiger partial charge in [-0.05, 0) is 48.5 Å². The van der Waals surface area contributed by atoms with Crippen molar-refractivity contribution in [3.8, 4) is 0 Å². The number of rotatable bonds is 2. The Balaban J connectivity index is 2.20. The van der Waals surface area contributed by atoms with Gasteiger partial charge in [0.15, 0.2) is 0 Å². The molecule has 1 aromatic rings. The molecule has 0 bridgehead atoms. The van der Waals surface area contributed by atoms with Crippen LogP contribution in [-0.4, -0.2) is 23.0 Å². The van der Waals surface area contributed by atoms with Crippen LogP contribution in [0.15, 0.2) is 4.47 Å².